The van der Waals surface area contributed by atoms with Gasteiger partial charge in [0.1, 0.15) is 5.75 Å². The molecule has 0 aliphatic carbocycles. The quantitative estimate of drug-likeness (QED) is 0.921. The molecule has 0 fully saturated rings. The molecular weight excluding hydrogens is 282 g/mol. The van der Waals surface area contributed by atoms with Crippen molar-refractivity contribution < 1.29 is 14.6 Å². The summed E-state index contributed by atoms with van der Waals surface area (Å²) in [6.07, 6.45) is -0.263. The van der Waals surface area contributed by atoms with E-state index in [9.17, 15) is 9.59 Å². The molecule has 5 nitrogen and oxygen atoms in total. The number of nitrogens with zero attached hydrogens (tertiary/aromatic N) is 1. The average molecular weight is 301 g/mol. The molecule has 0 atom stereocenters. The molecule has 0 amide bonds. The van der Waals surface area contributed by atoms with Crippen LogP contribution >= 0.6 is 0 Å². The summed E-state index contributed by atoms with van der Waals surface area (Å²) in [6.45, 7) is 3.87. The number of aliphatic carboxylic acids is 1. The number of pyridine rings is 1. The maximum atomic E-state index is 12.3. The van der Waals surface area contributed by atoms with Gasteiger partial charge in [0, 0.05) is 18.2 Å². The Morgan fingerprint density at radius 1 is 1.23 bits per heavy atom. The highest BCUT2D eigenvalue weighted by atomic mass is 16.5. The van der Waals surface area contributed by atoms with Crippen molar-refractivity contribution in [1.29, 1.82) is 0 Å². The van der Waals surface area contributed by atoms with E-state index in [0.717, 1.165) is 5.56 Å². The Labute approximate surface area is 128 Å². The van der Waals surface area contributed by atoms with E-state index < -0.39 is 5.97 Å². The van der Waals surface area contributed by atoms with E-state index in [-0.39, 0.29) is 23.6 Å². The smallest absolute Gasteiger partial charge is 0.308 e. The van der Waals surface area contributed by atoms with Gasteiger partial charge in [0.2, 0.25) is 0 Å². The van der Waals surface area contributed by atoms with Gasteiger partial charge in [-0.3, -0.25) is 9.59 Å². The lowest BCUT2D eigenvalue weighted by atomic mass is 10.1. The first-order valence-electron chi connectivity index (χ1n) is 7.07. The van der Waals surface area contributed by atoms with Crippen molar-refractivity contribution in [2.75, 3.05) is 0 Å². The first-order valence-corrected chi connectivity index (χ1v) is 7.07. The van der Waals surface area contributed by atoms with Crippen molar-refractivity contribution >= 4 is 5.97 Å². The fraction of sp³-hybridized carbons (Fsp3) is 0.294. The topological polar surface area (TPSA) is 68.5 Å². The van der Waals surface area contributed by atoms with Crippen molar-refractivity contribution in [3.63, 3.8) is 0 Å². The van der Waals surface area contributed by atoms with E-state index in [1.54, 1.807) is 19.2 Å². The van der Waals surface area contributed by atoms with Crippen LogP contribution in [-0.4, -0.2) is 21.7 Å². The first-order chi connectivity index (χ1) is 10.4. The lowest BCUT2D eigenvalue weighted by Gasteiger charge is -2.16. The predicted molar refractivity (Wildman–Crippen MR) is 84.2 cm³/mol. The van der Waals surface area contributed by atoms with Gasteiger partial charge < -0.3 is 14.4 Å². The van der Waals surface area contributed by atoms with Crippen LogP contribution in [0.3, 0.4) is 0 Å². The minimum Gasteiger partial charge on any atom is -0.490 e. The van der Waals surface area contributed by atoms with Crippen molar-refractivity contribution in [3.05, 3.63) is 52.3 Å². The Morgan fingerprint density at radius 3 is 2.55 bits per heavy atom. The number of hydrogen-bond acceptors (Lipinski definition) is 3. The second-order valence-corrected chi connectivity index (χ2v) is 5.34. The van der Waals surface area contributed by atoms with Gasteiger partial charge in [0.05, 0.1) is 18.2 Å². The Balaban J connectivity index is 2.53. The SMILES string of the molecule is CC(C)Oc1ccccc1-c1ccc(CC(=O)O)c(=O)n1C. The number of carboxylic acid groups (broad SMARTS) is 1. The maximum absolute atomic E-state index is 12.3. The number of hydrogen-bond donors (Lipinski definition) is 1. The number of carboxylic acids is 1. The number of ether oxygens (including phenoxy) is 1. The molecule has 0 spiro atoms. The summed E-state index contributed by atoms with van der Waals surface area (Å²) in [5, 5.41) is 8.84. The second kappa shape index (κ2) is 6.47. The van der Waals surface area contributed by atoms with Crippen LogP contribution < -0.4 is 10.3 Å². The molecule has 0 aliphatic rings. The monoisotopic (exact) mass is 301 g/mol. The molecule has 0 aliphatic heterocycles. The van der Waals surface area contributed by atoms with Crippen LogP contribution in [0.4, 0.5) is 0 Å². The van der Waals surface area contributed by atoms with Gasteiger partial charge in [-0.05, 0) is 32.0 Å². The van der Waals surface area contributed by atoms with Crippen LogP contribution in [0.1, 0.15) is 19.4 Å². The molecule has 0 unspecified atom stereocenters. The molecule has 5 heteroatoms. The van der Waals surface area contributed by atoms with E-state index >= 15 is 0 Å². The van der Waals surface area contributed by atoms with E-state index in [1.807, 2.05) is 38.1 Å². The first kappa shape index (κ1) is 15.8. The summed E-state index contributed by atoms with van der Waals surface area (Å²) < 4.78 is 7.24. The van der Waals surface area contributed by atoms with Gasteiger partial charge in [-0.2, -0.15) is 0 Å². The normalized spacial score (nSPS) is 10.7. The summed E-state index contributed by atoms with van der Waals surface area (Å²) >= 11 is 0. The largest absolute Gasteiger partial charge is 0.490 e. The van der Waals surface area contributed by atoms with Gasteiger partial charge in [0.15, 0.2) is 0 Å². The van der Waals surface area contributed by atoms with Gasteiger partial charge >= 0.3 is 5.97 Å². The summed E-state index contributed by atoms with van der Waals surface area (Å²) in [7, 11) is 1.63. The third-order valence-corrected chi connectivity index (χ3v) is 3.25. The lowest BCUT2D eigenvalue weighted by molar-refractivity contribution is -0.136. The Morgan fingerprint density at radius 2 is 1.91 bits per heavy atom. The highest BCUT2D eigenvalue weighted by molar-refractivity contribution is 5.71. The van der Waals surface area contributed by atoms with Gasteiger partial charge in [-0.1, -0.05) is 18.2 Å². The van der Waals surface area contributed by atoms with Gasteiger partial charge in [-0.15, -0.1) is 0 Å². The zero-order valence-corrected chi connectivity index (χ0v) is 12.9. The van der Waals surface area contributed by atoms with Crippen LogP contribution in [0.2, 0.25) is 0 Å². The molecule has 1 aromatic heterocycles. The Bertz CT molecular complexity index is 747. The predicted octanol–water partition coefficient (Wildman–Crippen LogP) is 2.47. The molecule has 2 rings (SSSR count). The van der Waals surface area contributed by atoms with Gasteiger partial charge in [-0.25, -0.2) is 0 Å². The van der Waals surface area contributed by atoms with Crippen molar-refractivity contribution in [1.82, 2.24) is 4.57 Å². The minimum atomic E-state index is -1.02. The maximum Gasteiger partial charge on any atom is 0.308 e. The standard InChI is InChI=1S/C17H19NO4/c1-11(2)22-15-7-5-4-6-13(15)14-9-8-12(10-16(19)20)17(21)18(14)3/h4-9,11H,10H2,1-3H3,(H,19,20). The molecule has 0 bridgehead atoms. The van der Waals surface area contributed by atoms with Crippen LogP contribution in [0.5, 0.6) is 5.75 Å². The fourth-order valence-electron chi connectivity index (χ4n) is 2.29. The van der Waals surface area contributed by atoms with Crippen LogP contribution in [-0.2, 0) is 18.3 Å². The third kappa shape index (κ3) is 3.36. The summed E-state index contributed by atoms with van der Waals surface area (Å²) in [5.41, 5.74) is 1.45. The number of benzene rings is 1. The molecule has 0 saturated heterocycles. The number of carbonyl (C=O) groups is 1. The van der Waals surface area contributed by atoms with Gasteiger partial charge in [0.25, 0.3) is 5.56 Å². The molecule has 1 aromatic carbocycles. The Kier molecular flexibility index (Phi) is 4.65. The lowest BCUT2D eigenvalue weighted by Crippen LogP contribution is -2.24. The van der Waals surface area contributed by atoms with E-state index in [2.05, 4.69) is 0 Å². The fourth-order valence-corrected chi connectivity index (χ4v) is 2.29. The number of rotatable bonds is 5. The second-order valence-electron chi connectivity index (χ2n) is 5.34. The van der Waals surface area contributed by atoms with E-state index in [4.69, 9.17) is 9.84 Å². The van der Waals surface area contributed by atoms with E-state index in [0.29, 0.717) is 11.4 Å². The molecular formula is C17H19NO4. The molecule has 116 valence electrons. The third-order valence-electron chi connectivity index (χ3n) is 3.25. The number of aromatic nitrogens is 1. The van der Waals surface area contributed by atoms with Crippen molar-refractivity contribution in [3.8, 4) is 17.0 Å². The summed E-state index contributed by atoms with van der Waals surface area (Å²) in [5.74, 6) is -0.327. The van der Waals surface area contributed by atoms with Crippen LogP contribution in [0, 0.1) is 0 Å². The molecule has 1 heterocycles. The minimum absolute atomic E-state index is 0.0180. The Hall–Kier alpha value is -2.56. The number of para-hydroxylation sites is 1. The van der Waals surface area contributed by atoms with Crippen LogP contribution in [0.25, 0.3) is 11.3 Å². The average Bonchev–Trinajstić information content (AvgIpc) is 2.44. The van der Waals surface area contributed by atoms with Crippen LogP contribution in [0.15, 0.2) is 41.2 Å². The zero-order chi connectivity index (χ0) is 16.3. The zero-order valence-electron chi connectivity index (χ0n) is 12.9. The summed E-state index contributed by atoms with van der Waals surface area (Å²) in [6, 6.07) is 10.8. The molecule has 0 saturated carbocycles. The van der Waals surface area contributed by atoms with E-state index in [1.165, 1.54) is 4.57 Å². The molecule has 22 heavy (non-hydrogen) atoms. The highest BCUT2D eigenvalue weighted by Gasteiger charge is 2.13. The molecule has 2 aromatic rings. The molecule has 0 radical (unpaired) electrons. The molecule has 1 N–H and O–H groups in total. The van der Waals surface area contributed by atoms with Crippen molar-refractivity contribution in [2.24, 2.45) is 7.05 Å². The summed E-state index contributed by atoms with van der Waals surface area (Å²) in [4.78, 5) is 23.1. The highest BCUT2D eigenvalue weighted by Crippen LogP contribution is 2.29. The van der Waals surface area contributed by atoms with Crippen molar-refractivity contribution in [2.45, 2.75) is 26.4 Å².